The third-order valence-corrected chi connectivity index (χ3v) is 3.61. The summed E-state index contributed by atoms with van der Waals surface area (Å²) in [5, 5.41) is 0. The van der Waals surface area contributed by atoms with Crippen molar-refractivity contribution in [2.24, 2.45) is 0 Å². The van der Waals surface area contributed by atoms with Crippen LogP contribution in [0.1, 0.15) is 18.4 Å². The molecule has 2 heteroatoms. The van der Waals surface area contributed by atoms with Crippen LogP contribution in [0.2, 0.25) is 0 Å². The molecule has 2 aromatic rings. The Bertz CT molecular complexity index is 494. The molecule has 1 aromatic heterocycles. The van der Waals surface area contributed by atoms with Crippen molar-refractivity contribution >= 4 is 5.69 Å². The van der Waals surface area contributed by atoms with Gasteiger partial charge >= 0.3 is 0 Å². The second-order valence-corrected chi connectivity index (χ2v) is 4.71. The van der Waals surface area contributed by atoms with Crippen LogP contribution in [0.15, 0.2) is 42.7 Å². The van der Waals surface area contributed by atoms with E-state index < -0.39 is 0 Å². The lowest BCUT2D eigenvalue weighted by Crippen LogP contribution is -2.19. The van der Waals surface area contributed by atoms with Crippen LogP contribution in [0.25, 0.3) is 5.69 Å². The highest BCUT2D eigenvalue weighted by Gasteiger charge is 2.15. The summed E-state index contributed by atoms with van der Waals surface area (Å²) in [5.41, 5.74) is 4.07. The topological polar surface area (TPSA) is 8.17 Å². The fourth-order valence-corrected chi connectivity index (χ4v) is 2.69. The zero-order chi connectivity index (χ0) is 11.7. The fourth-order valence-electron chi connectivity index (χ4n) is 2.69. The number of rotatable bonds is 2. The Balaban J connectivity index is 2.03. The maximum atomic E-state index is 2.50. The van der Waals surface area contributed by atoms with E-state index in [0.717, 1.165) is 0 Å². The molecule has 0 atom stereocenters. The quantitative estimate of drug-likeness (QED) is 0.762. The molecule has 0 saturated carbocycles. The van der Waals surface area contributed by atoms with Gasteiger partial charge in [-0.05, 0) is 49.6 Å². The highest BCUT2D eigenvalue weighted by atomic mass is 15.1. The number of hydrogen-bond acceptors (Lipinski definition) is 1. The zero-order valence-electron chi connectivity index (χ0n) is 10.3. The Morgan fingerprint density at radius 1 is 0.882 bits per heavy atom. The lowest BCUT2D eigenvalue weighted by atomic mass is 10.1. The van der Waals surface area contributed by atoms with Crippen LogP contribution in [0.3, 0.4) is 0 Å². The summed E-state index contributed by atoms with van der Waals surface area (Å²) >= 11 is 0. The fraction of sp³-hybridized carbons (Fsp3) is 0.333. The molecule has 2 nitrogen and oxygen atoms in total. The minimum atomic E-state index is 1.20. The molecule has 0 radical (unpaired) electrons. The molecule has 17 heavy (non-hydrogen) atoms. The van der Waals surface area contributed by atoms with E-state index in [2.05, 4.69) is 59.1 Å². The van der Waals surface area contributed by atoms with Crippen molar-refractivity contribution in [3.8, 4) is 5.69 Å². The number of nitrogens with zero attached hydrogens (tertiary/aromatic N) is 2. The molecule has 0 unspecified atom stereocenters. The van der Waals surface area contributed by atoms with E-state index in [1.165, 1.54) is 42.9 Å². The molecule has 1 aliphatic heterocycles. The van der Waals surface area contributed by atoms with Crippen LogP contribution >= 0.6 is 0 Å². The summed E-state index contributed by atoms with van der Waals surface area (Å²) in [6.07, 6.45) is 6.87. The lowest BCUT2D eigenvalue weighted by Gasteiger charge is -2.22. The van der Waals surface area contributed by atoms with Crippen LogP contribution in [-0.2, 0) is 0 Å². The van der Waals surface area contributed by atoms with E-state index in [1.807, 2.05) is 0 Å². The summed E-state index contributed by atoms with van der Waals surface area (Å²) in [6, 6.07) is 10.7. The highest BCUT2D eigenvalue weighted by Crippen LogP contribution is 2.28. The molecule has 2 heterocycles. The molecule has 0 N–H and O–H groups in total. The molecule has 1 fully saturated rings. The average Bonchev–Trinajstić information content (AvgIpc) is 3.02. The Labute approximate surface area is 102 Å². The minimum Gasteiger partial charge on any atom is -0.371 e. The highest BCUT2D eigenvalue weighted by molar-refractivity contribution is 5.61. The van der Waals surface area contributed by atoms with Crippen molar-refractivity contribution in [1.29, 1.82) is 0 Å². The number of anilines is 1. The summed E-state index contributed by atoms with van der Waals surface area (Å²) < 4.78 is 2.19. The second kappa shape index (κ2) is 4.28. The van der Waals surface area contributed by atoms with E-state index >= 15 is 0 Å². The van der Waals surface area contributed by atoms with E-state index in [9.17, 15) is 0 Å². The van der Waals surface area contributed by atoms with Crippen molar-refractivity contribution < 1.29 is 0 Å². The van der Waals surface area contributed by atoms with Crippen LogP contribution in [0.4, 0.5) is 5.69 Å². The van der Waals surface area contributed by atoms with Gasteiger partial charge in [0, 0.05) is 36.9 Å². The maximum absolute atomic E-state index is 2.50. The molecule has 0 aliphatic carbocycles. The van der Waals surface area contributed by atoms with Gasteiger partial charge in [-0.3, -0.25) is 0 Å². The molecular weight excluding hydrogens is 208 g/mol. The zero-order valence-corrected chi connectivity index (χ0v) is 10.3. The Hall–Kier alpha value is -1.70. The first-order valence-electron chi connectivity index (χ1n) is 6.34. The molecule has 3 rings (SSSR count). The van der Waals surface area contributed by atoms with Crippen LogP contribution in [-0.4, -0.2) is 17.7 Å². The molecule has 1 aliphatic rings. The average molecular weight is 226 g/mol. The molecular formula is C15H18N2. The normalized spacial score (nSPS) is 15.5. The first-order chi connectivity index (χ1) is 8.36. The van der Waals surface area contributed by atoms with Gasteiger partial charge in [0.1, 0.15) is 0 Å². The predicted molar refractivity (Wildman–Crippen MR) is 72.0 cm³/mol. The van der Waals surface area contributed by atoms with Crippen molar-refractivity contribution in [2.45, 2.75) is 19.8 Å². The van der Waals surface area contributed by atoms with Crippen LogP contribution in [0.5, 0.6) is 0 Å². The first kappa shape index (κ1) is 10.5. The van der Waals surface area contributed by atoms with Crippen molar-refractivity contribution in [1.82, 2.24) is 4.57 Å². The van der Waals surface area contributed by atoms with Gasteiger partial charge in [0.15, 0.2) is 0 Å². The lowest BCUT2D eigenvalue weighted by molar-refractivity contribution is 0.949. The number of hydrogen-bond donors (Lipinski definition) is 0. The minimum absolute atomic E-state index is 1.20. The molecule has 0 bridgehead atoms. The second-order valence-electron chi connectivity index (χ2n) is 4.71. The third-order valence-electron chi connectivity index (χ3n) is 3.61. The van der Waals surface area contributed by atoms with Gasteiger partial charge in [0.2, 0.25) is 0 Å². The van der Waals surface area contributed by atoms with Crippen molar-refractivity contribution in [3.63, 3.8) is 0 Å². The first-order valence-corrected chi connectivity index (χ1v) is 6.34. The Morgan fingerprint density at radius 2 is 1.53 bits per heavy atom. The standard InChI is InChI=1S/C15H18N2/c1-13-14(16-9-2-3-10-16)7-6-8-15(13)17-11-4-5-12-17/h2-3,6-10H,4-5,11-12H2,1H3. The van der Waals surface area contributed by atoms with Crippen molar-refractivity contribution in [3.05, 3.63) is 48.3 Å². The maximum Gasteiger partial charge on any atom is 0.0499 e. The van der Waals surface area contributed by atoms with Gasteiger partial charge in [-0.25, -0.2) is 0 Å². The van der Waals surface area contributed by atoms with Gasteiger partial charge in [0.05, 0.1) is 0 Å². The molecule has 0 amide bonds. The summed E-state index contributed by atoms with van der Waals surface area (Å²) in [5.74, 6) is 0. The summed E-state index contributed by atoms with van der Waals surface area (Å²) in [6.45, 7) is 4.63. The van der Waals surface area contributed by atoms with E-state index in [-0.39, 0.29) is 0 Å². The Kier molecular flexibility index (Phi) is 2.63. The molecule has 88 valence electrons. The summed E-state index contributed by atoms with van der Waals surface area (Å²) in [7, 11) is 0. The van der Waals surface area contributed by atoms with E-state index in [4.69, 9.17) is 0 Å². The van der Waals surface area contributed by atoms with Gasteiger partial charge in [-0.15, -0.1) is 0 Å². The Morgan fingerprint density at radius 3 is 2.24 bits per heavy atom. The monoisotopic (exact) mass is 226 g/mol. The van der Waals surface area contributed by atoms with Gasteiger partial charge in [-0.2, -0.15) is 0 Å². The smallest absolute Gasteiger partial charge is 0.0499 e. The van der Waals surface area contributed by atoms with Crippen molar-refractivity contribution in [2.75, 3.05) is 18.0 Å². The predicted octanol–water partition coefficient (Wildman–Crippen LogP) is 3.39. The summed E-state index contributed by atoms with van der Waals surface area (Å²) in [4.78, 5) is 2.50. The van der Waals surface area contributed by atoms with Gasteiger partial charge in [-0.1, -0.05) is 6.07 Å². The van der Waals surface area contributed by atoms with E-state index in [0.29, 0.717) is 0 Å². The van der Waals surface area contributed by atoms with Crippen LogP contribution in [0, 0.1) is 6.92 Å². The number of aromatic nitrogens is 1. The third kappa shape index (κ3) is 1.84. The molecule has 1 aromatic carbocycles. The number of benzene rings is 1. The van der Waals surface area contributed by atoms with Crippen LogP contribution < -0.4 is 4.90 Å². The SMILES string of the molecule is Cc1c(N2CCCC2)cccc1-n1cccc1. The molecule has 1 saturated heterocycles. The van der Waals surface area contributed by atoms with E-state index in [1.54, 1.807) is 0 Å². The van der Waals surface area contributed by atoms with Gasteiger partial charge < -0.3 is 9.47 Å². The van der Waals surface area contributed by atoms with Gasteiger partial charge in [0.25, 0.3) is 0 Å². The molecule has 0 spiro atoms. The largest absolute Gasteiger partial charge is 0.371 e.